The van der Waals surface area contributed by atoms with Crippen LogP contribution in [0.4, 0.5) is 4.79 Å². The van der Waals surface area contributed by atoms with Gasteiger partial charge in [-0.1, -0.05) is 35.9 Å². The largest absolute Gasteiger partial charge is 0.491 e. The standard InChI is InChI=1S/C27H22ClNO5S/c1-17-3-4-18(2)23(15-17)33-14-13-29-25(30)24(35-27(29)32)16-19-5-11-22(12-6-19)34-26(31)20-7-9-21(28)10-8-20/h3-12,15-16H,13-14H2,1-2H3/b24-16-. The summed E-state index contributed by atoms with van der Waals surface area (Å²) < 4.78 is 11.2. The fourth-order valence-electron chi connectivity index (χ4n) is 3.34. The van der Waals surface area contributed by atoms with Gasteiger partial charge in [0.1, 0.15) is 18.1 Å². The van der Waals surface area contributed by atoms with Gasteiger partial charge in [0.25, 0.3) is 11.1 Å². The maximum atomic E-state index is 12.8. The normalized spacial score (nSPS) is 14.5. The molecule has 2 amide bonds. The summed E-state index contributed by atoms with van der Waals surface area (Å²) in [6.07, 6.45) is 1.64. The molecule has 178 valence electrons. The van der Waals surface area contributed by atoms with Crippen molar-refractivity contribution in [2.45, 2.75) is 13.8 Å². The molecular weight excluding hydrogens is 486 g/mol. The summed E-state index contributed by atoms with van der Waals surface area (Å²) in [7, 11) is 0. The Morgan fingerprint density at radius 3 is 2.43 bits per heavy atom. The van der Waals surface area contributed by atoms with E-state index in [0.29, 0.717) is 26.8 Å². The molecule has 4 rings (SSSR count). The highest BCUT2D eigenvalue weighted by molar-refractivity contribution is 8.18. The molecule has 3 aromatic carbocycles. The Kier molecular flexibility index (Phi) is 7.58. The number of thioether (sulfide) groups is 1. The number of benzene rings is 3. The molecule has 1 aliphatic rings. The van der Waals surface area contributed by atoms with E-state index in [1.807, 2.05) is 32.0 Å². The second-order valence-electron chi connectivity index (χ2n) is 7.92. The van der Waals surface area contributed by atoms with E-state index in [4.69, 9.17) is 21.1 Å². The second kappa shape index (κ2) is 10.8. The zero-order valence-electron chi connectivity index (χ0n) is 19.1. The van der Waals surface area contributed by atoms with Gasteiger partial charge >= 0.3 is 5.97 Å². The Balaban J connectivity index is 1.35. The van der Waals surface area contributed by atoms with Gasteiger partial charge in [0, 0.05) is 5.02 Å². The second-order valence-corrected chi connectivity index (χ2v) is 9.35. The van der Waals surface area contributed by atoms with E-state index in [-0.39, 0.29) is 24.3 Å². The predicted octanol–water partition coefficient (Wildman–Crippen LogP) is 6.29. The lowest BCUT2D eigenvalue weighted by molar-refractivity contribution is -0.123. The van der Waals surface area contributed by atoms with E-state index in [0.717, 1.165) is 28.6 Å². The Morgan fingerprint density at radius 2 is 1.71 bits per heavy atom. The third-order valence-corrected chi connectivity index (χ3v) is 6.42. The average Bonchev–Trinajstić information content (AvgIpc) is 3.10. The summed E-state index contributed by atoms with van der Waals surface area (Å²) in [5, 5.41) is 0.198. The van der Waals surface area contributed by atoms with Gasteiger partial charge in [0.15, 0.2) is 0 Å². The quantitative estimate of drug-likeness (QED) is 0.212. The van der Waals surface area contributed by atoms with Crippen LogP contribution in [0.1, 0.15) is 27.0 Å². The van der Waals surface area contributed by atoms with Gasteiger partial charge in [-0.3, -0.25) is 14.5 Å². The van der Waals surface area contributed by atoms with Gasteiger partial charge in [0.05, 0.1) is 17.0 Å². The van der Waals surface area contributed by atoms with Crippen molar-refractivity contribution in [1.82, 2.24) is 4.90 Å². The zero-order chi connectivity index (χ0) is 24.9. The predicted molar refractivity (Wildman–Crippen MR) is 137 cm³/mol. The maximum absolute atomic E-state index is 12.8. The third-order valence-electron chi connectivity index (χ3n) is 5.26. The van der Waals surface area contributed by atoms with E-state index in [1.165, 1.54) is 4.90 Å². The number of carbonyl (C=O) groups excluding carboxylic acids is 3. The molecule has 1 fully saturated rings. The number of hydrogen-bond donors (Lipinski definition) is 0. The Hall–Kier alpha value is -3.55. The van der Waals surface area contributed by atoms with Crippen molar-refractivity contribution in [3.63, 3.8) is 0 Å². The maximum Gasteiger partial charge on any atom is 0.343 e. The summed E-state index contributed by atoms with van der Waals surface area (Å²) in [6, 6.07) is 19.0. The van der Waals surface area contributed by atoms with E-state index >= 15 is 0 Å². The van der Waals surface area contributed by atoms with Crippen LogP contribution in [-0.2, 0) is 4.79 Å². The van der Waals surface area contributed by atoms with Crippen LogP contribution in [0.5, 0.6) is 11.5 Å². The number of carbonyl (C=O) groups is 3. The van der Waals surface area contributed by atoms with Crippen LogP contribution in [0.15, 0.2) is 71.6 Å². The van der Waals surface area contributed by atoms with Crippen LogP contribution in [0.2, 0.25) is 5.02 Å². The minimum atomic E-state index is -0.501. The van der Waals surface area contributed by atoms with E-state index in [2.05, 4.69) is 0 Å². The Bertz CT molecular complexity index is 1300. The number of esters is 1. The number of imide groups is 1. The van der Waals surface area contributed by atoms with Crippen molar-refractivity contribution in [3.8, 4) is 11.5 Å². The number of amides is 2. The fraction of sp³-hybridized carbons (Fsp3) is 0.148. The van der Waals surface area contributed by atoms with Crippen LogP contribution < -0.4 is 9.47 Å². The van der Waals surface area contributed by atoms with Crippen LogP contribution >= 0.6 is 23.4 Å². The van der Waals surface area contributed by atoms with Crippen molar-refractivity contribution >= 4 is 46.6 Å². The molecule has 3 aromatic rings. The van der Waals surface area contributed by atoms with Gasteiger partial charge in [-0.25, -0.2) is 4.79 Å². The fourth-order valence-corrected chi connectivity index (χ4v) is 4.33. The van der Waals surface area contributed by atoms with Crippen LogP contribution in [0.3, 0.4) is 0 Å². The topological polar surface area (TPSA) is 72.9 Å². The zero-order valence-corrected chi connectivity index (χ0v) is 20.7. The summed E-state index contributed by atoms with van der Waals surface area (Å²) in [5.74, 6) is 0.240. The third kappa shape index (κ3) is 6.12. The number of ether oxygens (including phenoxy) is 2. The highest BCUT2D eigenvalue weighted by Crippen LogP contribution is 2.32. The smallest absolute Gasteiger partial charge is 0.343 e. The molecule has 1 heterocycles. The number of halogens is 1. The molecule has 8 heteroatoms. The molecule has 0 spiro atoms. The summed E-state index contributed by atoms with van der Waals surface area (Å²) in [5.41, 5.74) is 3.15. The monoisotopic (exact) mass is 507 g/mol. The number of aryl methyl sites for hydroxylation is 2. The molecular formula is C27H22ClNO5S. The molecule has 0 aromatic heterocycles. The molecule has 0 radical (unpaired) electrons. The molecule has 0 N–H and O–H groups in total. The molecule has 1 saturated heterocycles. The highest BCUT2D eigenvalue weighted by Gasteiger charge is 2.34. The van der Waals surface area contributed by atoms with Gasteiger partial charge in [-0.15, -0.1) is 0 Å². The highest BCUT2D eigenvalue weighted by atomic mass is 35.5. The molecule has 0 aliphatic carbocycles. The van der Waals surface area contributed by atoms with E-state index in [1.54, 1.807) is 54.6 Å². The lowest BCUT2D eigenvalue weighted by Gasteiger charge is -2.14. The SMILES string of the molecule is Cc1ccc(C)c(OCCN2C(=O)S/C(=C\c3ccc(OC(=O)c4ccc(Cl)cc4)cc3)C2=O)c1. The number of hydrogen-bond acceptors (Lipinski definition) is 6. The van der Waals surface area contributed by atoms with Crippen molar-refractivity contribution in [3.05, 3.63) is 98.9 Å². The lowest BCUT2D eigenvalue weighted by Crippen LogP contribution is -2.32. The van der Waals surface area contributed by atoms with E-state index in [9.17, 15) is 14.4 Å². The van der Waals surface area contributed by atoms with E-state index < -0.39 is 5.97 Å². The molecule has 35 heavy (non-hydrogen) atoms. The lowest BCUT2D eigenvalue weighted by atomic mass is 10.1. The summed E-state index contributed by atoms with van der Waals surface area (Å²) in [6.45, 7) is 4.30. The van der Waals surface area contributed by atoms with Gasteiger partial charge < -0.3 is 9.47 Å². The summed E-state index contributed by atoms with van der Waals surface area (Å²) >= 11 is 6.73. The first kappa shape index (κ1) is 24.6. The van der Waals surface area contributed by atoms with Crippen LogP contribution in [0, 0.1) is 13.8 Å². The molecule has 0 unspecified atom stereocenters. The Labute approximate surface area is 212 Å². The average molecular weight is 508 g/mol. The van der Waals surface area contributed by atoms with Crippen LogP contribution in [0.25, 0.3) is 6.08 Å². The molecule has 6 nitrogen and oxygen atoms in total. The van der Waals surface area contributed by atoms with Gasteiger partial charge in [0.2, 0.25) is 0 Å². The number of nitrogens with zero attached hydrogens (tertiary/aromatic N) is 1. The first-order valence-electron chi connectivity index (χ1n) is 10.8. The Morgan fingerprint density at radius 1 is 1.00 bits per heavy atom. The molecule has 1 aliphatic heterocycles. The molecule has 0 bridgehead atoms. The minimum Gasteiger partial charge on any atom is -0.491 e. The van der Waals surface area contributed by atoms with Gasteiger partial charge in [-0.05, 0) is 90.8 Å². The van der Waals surface area contributed by atoms with Crippen molar-refractivity contribution in [2.75, 3.05) is 13.2 Å². The van der Waals surface area contributed by atoms with Crippen molar-refractivity contribution in [2.24, 2.45) is 0 Å². The molecule has 0 saturated carbocycles. The minimum absolute atomic E-state index is 0.162. The van der Waals surface area contributed by atoms with Crippen molar-refractivity contribution < 1.29 is 23.9 Å². The van der Waals surface area contributed by atoms with Crippen LogP contribution in [-0.4, -0.2) is 35.2 Å². The molecule has 0 atom stereocenters. The van der Waals surface area contributed by atoms with Gasteiger partial charge in [-0.2, -0.15) is 0 Å². The number of rotatable bonds is 7. The first-order chi connectivity index (χ1) is 16.8. The summed E-state index contributed by atoms with van der Waals surface area (Å²) in [4.78, 5) is 38.9. The van der Waals surface area contributed by atoms with Crippen molar-refractivity contribution in [1.29, 1.82) is 0 Å². The first-order valence-corrected chi connectivity index (χ1v) is 12.0.